The molecule has 0 saturated heterocycles. The van der Waals surface area contributed by atoms with Gasteiger partial charge in [-0.15, -0.1) is 0 Å². The van der Waals surface area contributed by atoms with Gasteiger partial charge < -0.3 is 9.72 Å². The molecule has 0 amide bonds. The van der Waals surface area contributed by atoms with E-state index in [9.17, 15) is 9.59 Å². The van der Waals surface area contributed by atoms with E-state index >= 15 is 0 Å². The van der Waals surface area contributed by atoms with Crippen LogP contribution in [0.5, 0.6) is 0 Å². The van der Waals surface area contributed by atoms with Crippen molar-refractivity contribution < 1.29 is 9.53 Å². The fourth-order valence-electron chi connectivity index (χ4n) is 2.82. The van der Waals surface area contributed by atoms with Gasteiger partial charge in [-0.05, 0) is 24.6 Å². The van der Waals surface area contributed by atoms with Gasteiger partial charge in [-0.1, -0.05) is 42.5 Å². The Kier molecular flexibility index (Phi) is 4.75. The van der Waals surface area contributed by atoms with Gasteiger partial charge in [-0.25, -0.2) is 0 Å². The van der Waals surface area contributed by atoms with Crippen molar-refractivity contribution in [2.75, 3.05) is 6.61 Å². The highest BCUT2D eigenvalue weighted by Crippen LogP contribution is 2.16. The molecule has 0 aliphatic heterocycles. The topological polar surface area (TPSA) is 59.2 Å². The predicted molar refractivity (Wildman–Crippen MR) is 94.2 cm³/mol. The molecule has 122 valence electrons. The zero-order chi connectivity index (χ0) is 16.9. The number of hydrogen-bond donors (Lipinski definition) is 1. The minimum absolute atomic E-state index is 0.0347. The molecule has 3 aromatic rings. The van der Waals surface area contributed by atoms with Crippen LogP contribution in [-0.2, 0) is 22.4 Å². The van der Waals surface area contributed by atoms with E-state index in [4.69, 9.17) is 4.74 Å². The van der Waals surface area contributed by atoms with Crippen molar-refractivity contribution in [2.24, 2.45) is 0 Å². The minimum atomic E-state index is -0.335. The van der Waals surface area contributed by atoms with Gasteiger partial charge in [-0.3, -0.25) is 9.59 Å². The zero-order valence-corrected chi connectivity index (χ0v) is 13.5. The molecule has 1 N–H and O–H groups in total. The van der Waals surface area contributed by atoms with Gasteiger partial charge in [0, 0.05) is 28.6 Å². The number of rotatable bonds is 5. The fraction of sp³-hybridized carbons (Fsp3) is 0.200. The van der Waals surface area contributed by atoms with Gasteiger partial charge in [0.05, 0.1) is 13.0 Å². The number of carbonyl (C=O) groups is 1. The maximum absolute atomic E-state index is 12.9. The van der Waals surface area contributed by atoms with Gasteiger partial charge in [0.2, 0.25) is 0 Å². The Morgan fingerprint density at radius 1 is 1.04 bits per heavy atom. The van der Waals surface area contributed by atoms with E-state index in [0.717, 1.165) is 11.1 Å². The summed E-state index contributed by atoms with van der Waals surface area (Å²) in [5, 5.41) is 0.635. The second-order valence-corrected chi connectivity index (χ2v) is 5.60. The Balaban J connectivity index is 2.10. The largest absolute Gasteiger partial charge is 0.466 e. The van der Waals surface area contributed by atoms with Crippen molar-refractivity contribution in [3.8, 4) is 0 Å². The molecule has 0 aliphatic rings. The molecule has 2 aromatic carbocycles. The molecular formula is C20H19NO3. The summed E-state index contributed by atoms with van der Waals surface area (Å²) in [6, 6.07) is 17.1. The first kappa shape index (κ1) is 16.0. The number of para-hydroxylation sites is 1. The molecule has 4 heteroatoms. The Hall–Kier alpha value is -2.88. The highest BCUT2D eigenvalue weighted by atomic mass is 16.5. The summed E-state index contributed by atoms with van der Waals surface area (Å²) >= 11 is 0. The molecular weight excluding hydrogens is 302 g/mol. The third kappa shape index (κ3) is 3.38. The fourth-order valence-corrected chi connectivity index (χ4v) is 2.82. The molecule has 0 spiro atoms. The quantitative estimate of drug-likeness (QED) is 0.734. The van der Waals surface area contributed by atoms with Gasteiger partial charge >= 0.3 is 5.97 Å². The van der Waals surface area contributed by atoms with Crippen molar-refractivity contribution in [3.63, 3.8) is 0 Å². The summed E-state index contributed by atoms with van der Waals surface area (Å²) < 4.78 is 5.04. The van der Waals surface area contributed by atoms with Crippen LogP contribution in [0.25, 0.3) is 10.9 Å². The van der Waals surface area contributed by atoms with Crippen LogP contribution in [0.4, 0.5) is 0 Å². The number of nitrogens with one attached hydrogen (secondary N) is 1. The number of hydrogen-bond acceptors (Lipinski definition) is 3. The third-order valence-electron chi connectivity index (χ3n) is 3.95. The maximum Gasteiger partial charge on any atom is 0.311 e. The summed E-state index contributed by atoms with van der Waals surface area (Å²) in [6.07, 6.45) is 0.547. The summed E-state index contributed by atoms with van der Waals surface area (Å²) in [4.78, 5) is 28.1. The predicted octanol–water partition coefficient (Wildman–Crippen LogP) is 3.22. The number of pyridine rings is 1. The molecule has 0 radical (unpaired) electrons. The van der Waals surface area contributed by atoms with E-state index < -0.39 is 0 Å². The first-order valence-electron chi connectivity index (χ1n) is 8.01. The van der Waals surface area contributed by atoms with Crippen LogP contribution < -0.4 is 5.43 Å². The van der Waals surface area contributed by atoms with Crippen LogP contribution in [0.3, 0.4) is 0 Å². The number of benzene rings is 2. The second kappa shape index (κ2) is 7.13. The van der Waals surface area contributed by atoms with Gasteiger partial charge in [-0.2, -0.15) is 0 Å². The summed E-state index contributed by atoms with van der Waals surface area (Å²) in [7, 11) is 0. The van der Waals surface area contributed by atoms with Gasteiger partial charge in [0.15, 0.2) is 5.43 Å². The summed E-state index contributed by atoms with van der Waals surface area (Å²) in [6.45, 7) is 2.09. The summed E-state index contributed by atoms with van der Waals surface area (Å²) in [5.74, 6) is -0.335. The maximum atomic E-state index is 12.9. The monoisotopic (exact) mass is 321 g/mol. The van der Waals surface area contributed by atoms with Crippen LogP contribution in [0.1, 0.15) is 23.7 Å². The summed E-state index contributed by atoms with van der Waals surface area (Å²) in [5.41, 5.74) is 2.98. The Bertz CT molecular complexity index is 913. The normalized spacial score (nSPS) is 10.7. The average molecular weight is 321 g/mol. The van der Waals surface area contributed by atoms with Crippen LogP contribution in [0.2, 0.25) is 0 Å². The highest BCUT2D eigenvalue weighted by Gasteiger charge is 2.15. The van der Waals surface area contributed by atoms with Crippen molar-refractivity contribution in [2.45, 2.75) is 19.8 Å². The molecule has 3 rings (SSSR count). The number of H-pyrrole nitrogens is 1. The molecule has 1 aromatic heterocycles. The lowest BCUT2D eigenvalue weighted by molar-refractivity contribution is -0.142. The van der Waals surface area contributed by atoms with Crippen LogP contribution >= 0.6 is 0 Å². The Morgan fingerprint density at radius 3 is 2.50 bits per heavy atom. The number of aromatic amines is 1. The number of fused-ring (bicyclic) bond motifs is 1. The molecule has 0 bridgehead atoms. The number of carbonyl (C=O) groups excluding carboxylic acids is 1. The Morgan fingerprint density at radius 2 is 1.75 bits per heavy atom. The van der Waals surface area contributed by atoms with Crippen LogP contribution in [0, 0.1) is 0 Å². The molecule has 4 nitrogen and oxygen atoms in total. The smallest absolute Gasteiger partial charge is 0.311 e. The lowest BCUT2D eigenvalue weighted by Crippen LogP contribution is -2.19. The molecule has 1 heterocycles. The zero-order valence-electron chi connectivity index (χ0n) is 13.5. The third-order valence-corrected chi connectivity index (χ3v) is 3.95. The minimum Gasteiger partial charge on any atom is -0.466 e. The first-order valence-corrected chi connectivity index (χ1v) is 8.01. The standard InChI is InChI=1S/C20H19NO3/c1-2-24-19(22)13-18-16(12-14-8-4-3-5-9-14)20(23)15-10-6-7-11-17(15)21-18/h3-11H,2,12-13H2,1H3,(H,21,23). The molecule has 0 fully saturated rings. The lowest BCUT2D eigenvalue weighted by Gasteiger charge is -2.11. The van der Waals surface area contributed by atoms with E-state index in [1.807, 2.05) is 48.5 Å². The molecule has 0 saturated carbocycles. The van der Waals surface area contributed by atoms with Gasteiger partial charge in [0.25, 0.3) is 0 Å². The van der Waals surface area contributed by atoms with E-state index in [0.29, 0.717) is 29.7 Å². The average Bonchev–Trinajstić information content (AvgIpc) is 2.59. The van der Waals surface area contributed by atoms with Crippen molar-refractivity contribution >= 4 is 16.9 Å². The molecule has 24 heavy (non-hydrogen) atoms. The highest BCUT2D eigenvalue weighted by molar-refractivity contribution is 5.81. The second-order valence-electron chi connectivity index (χ2n) is 5.60. The van der Waals surface area contributed by atoms with Crippen molar-refractivity contribution in [1.82, 2.24) is 4.98 Å². The van der Waals surface area contributed by atoms with Crippen LogP contribution in [0.15, 0.2) is 59.4 Å². The molecule has 0 aliphatic carbocycles. The lowest BCUT2D eigenvalue weighted by atomic mass is 9.99. The van der Waals surface area contributed by atoms with Gasteiger partial charge in [0.1, 0.15) is 0 Å². The van der Waals surface area contributed by atoms with Crippen molar-refractivity contribution in [1.29, 1.82) is 0 Å². The van der Waals surface area contributed by atoms with E-state index in [1.54, 1.807) is 13.0 Å². The number of aromatic nitrogens is 1. The van der Waals surface area contributed by atoms with E-state index in [-0.39, 0.29) is 17.8 Å². The van der Waals surface area contributed by atoms with Crippen LogP contribution in [-0.4, -0.2) is 17.6 Å². The van der Waals surface area contributed by atoms with E-state index in [1.165, 1.54) is 0 Å². The Labute approximate surface area is 140 Å². The molecule has 0 unspecified atom stereocenters. The number of ether oxygens (including phenoxy) is 1. The van der Waals surface area contributed by atoms with Crippen molar-refractivity contribution in [3.05, 3.63) is 81.6 Å². The SMILES string of the molecule is CCOC(=O)Cc1[nH]c2ccccc2c(=O)c1Cc1ccccc1. The molecule has 0 atom stereocenters. The first-order chi connectivity index (χ1) is 11.7. The van der Waals surface area contributed by atoms with E-state index in [2.05, 4.69) is 4.98 Å². The number of esters is 1.